The molecule has 0 bridgehead atoms. The Kier molecular flexibility index (Phi) is 5.19. The van der Waals surface area contributed by atoms with Crippen LogP contribution in [0.2, 0.25) is 0 Å². The van der Waals surface area contributed by atoms with Crippen molar-refractivity contribution in [1.82, 2.24) is 0 Å². The van der Waals surface area contributed by atoms with Gasteiger partial charge in [-0.05, 0) is 23.3 Å². The Hall–Kier alpha value is -2.51. The molecule has 4 heteroatoms. The average Bonchev–Trinajstić information content (AvgIpc) is 2.53. The molecule has 0 saturated carbocycles. The molecule has 1 unspecified atom stereocenters. The summed E-state index contributed by atoms with van der Waals surface area (Å²) in [4.78, 5) is 0. The number of ether oxygens (including phenoxy) is 2. The van der Waals surface area contributed by atoms with Gasteiger partial charge in [-0.3, -0.25) is 0 Å². The van der Waals surface area contributed by atoms with Crippen molar-refractivity contribution < 1.29 is 9.47 Å². The molecular formula is C17H18N2O2. The van der Waals surface area contributed by atoms with Crippen LogP contribution in [0.25, 0.3) is 0 Å². The molecule has 2 aromatic rings. The van der Waals surface area contributed by atoms with Gasteiger partial charge in [0.05, 0.1) is 19.8 Å². The van der Waals surface area contributed by atoms with Gasteiger partial charge in [0.1, 0.15) is 11.8 Å². The molecule has 0 saturated heterocycles. The Morgan fingerprint density at radius 2 is 1.95 bits per heavy atom. The molecule has 0 spiro atoms. The SMILES string of the molecule is COCc1cccc(C(C#N)Nc2cccc(OC)c2)c1. The van der Waals surface area contributed by atoms with Crippen molar-refractivity contribution in [2.24, 2.45) is 0 Å². The maximum atomic E-state index is 9.41. The number of benzene rings is 2. The van der Waals surface area contributed by atoms with Crippen LogP contribution in [0.3, 0.4) is 0 Å². The van der Waals surface area contributed by atoms with Gasteiger partial charge in [-0.1, -0.05) is 30.3 Å². The van der Waals surface area contributed by atoms with E-state index in [1.165, 1.54) is 0 Å². The van der Waals surface area contributed by atoms with E-state index >= 15 is 0 Å². The third kappa shape index (κ3) is 3.98. The molecule has 0 fully saturated rings. The zero-order chi connectivity index (χ0) is 15.1. The lowest BCUT2D eigenvalue weighted by Crippen LogP contribution is -2.09. The number of hydrogen-bond acceptors (Lipinski definition) is 4. The molecule has 4 nitrogen and oxygen atoms in total. The predicted molar refractivity (Wildman–Crippen MR) is 82.1 cm³/mol. The van der Waals surface area contributed by atoms with Gasteiger partial charge < -0.3 is 14.8 Å². The highest BCUT2D eigenvalue weighted by atomic mass is 16.5. The highest BCUT2D eigenvalue weighted by molar-refractivity contribution is 5.51. The van der Waals surface area contributed by atoms with Gasteiger partial charge in [0.2, 0.25) is 0 Å². The van der Waals surface area contributed by atoms with E-state index in [0.29, 0.717) is 6.61 Å². The molecule has 0 heterocycles. The molecule has 2 rings (SSSR count). The van der Waals surface area contributed by atoms with E-state index in [-0.39, 0.29) is 0 Å². The largest absolute Gasteiger partial charge is 0.497 e. The van der Waals surface area contributed by atoms with E-state index in [1.807, 2.05) is 48.5 Å². The van der Waals surface area contributed by atoms with E-state index in [1.54, 1.807) is 14.2 Å². The first-order chi connectivity index (χ1) is 10.3. The number of nitrogens with one attached hydrogen (secondary N) is 1. The molecule has 1 N–H and O–H groups in total. The van der Waals surface area contributed by atoms with Gasteiger partial charge in [-0.15, -0.1) is 0 Å². The third-order valence-corrected chi connectivity index (χ3v) is 3.11. The fourth-order valence-electron chi connectivity index (χ4n) is 2.10. The van der Waals surface area contributed by atoms with Crippen LogP contribution in [0.4, 0.5) is 5.69 Å². The summed E-state index contributed by atoms with van der Waals surface area (Å²) in [5.74, 6) is 0.754. The van der Waals surface area contributed by atoms with Crippen LogP contribution in [0.15, 0.2) is 48.5 Å². The number of anilines is 1. The van der Waals surface area contributed by atoms with Crippen LogP contribution in [0.1, 0.15) is 17.2 Å². The lowest BCUT2D eigenvalue weighted by Gasteiger charge is -2.15. The van der Waals surface area contributed by atoms with E-state index in [0.717, 1.165) is 22.6 Å². The van der Waals surface area contributed by atoms with Gasteiger partial charge >= 0.3 is 0 Å². The Bertz CT molecular complexity index is 635. The monoisotopic (exact) mass is 282 g/mol. The first-order valence-electron chi connectivity index (χ1n) is 6.65. The van der Waals surface area contributed by atoms with Gasteiger partial charge in [-0.2, -0.15) is 5.26 Å². The molecule has 1 atom stereocenters. The van der Waals surface area contributed by atoms with E-state index in [9.17, 15) is 5.26 Å². The van der Waals surface area contributed by atoms with Crippen molar-refractivity contribution in [2.45, 2.75) is 12.6 Å². The summed E-state index contributed by atoms with van der Waals surface area (Å²) in [6.07, 6.45) is 0. The Morgan fingerprint density at radius 1 is 1.14 bits per heavy atom. The van der Waals surface area contributed by atoms with Crippen molar-refractivity contribution in [2.75, 3.05) is 19.5 Å². The maximum absolute atomic E-state index is 9.41. The third-order valence-electron chi connectivity index (χ3n) is 3.11. The summed E-state index contributed by atoms with van der Waals surface area (Å²) < 4.78 is 10.3. The van der Waals surface area contributed by atoms with E-state index in [4.69, 9.17) is 9.47 Å². The van der Waals surface area contributed by atoms with Gasteiger partial charge in [-0.25, -0.2) is 0 Å². The number of rotatable bonds is 6. The van der Waals surface area contributed by atoms with Crippen LogP contribution in [0, 0.1) is 11.3 Å². The van der Waals surface area contributed by atoms with Crippen molar-refractivity contribution in [3.63, 3.8) is 0 Å². The summed E-state index contributed by atoms with van der Waals surface area (Å²) in [7, 11) is 3.28. The highest BCUT2D eigenvalue weighted by Gasteiger charge is 2.11. The molecule has 0 aliphatic rings. The number of nitrogens with zero attached hydrogens (tertiary/aromatic N) is 1. The molecule has 0 amide bonds. The molecular weight excluding hydrogens is 264 g/mol. The van der Waals surface area contributed by atoms with Crippen molar-refractivity contribution in [1.29, 1.82) is 5.26 Å². The topological polar surface area (TPSA) is 54.3 Å². The lowest BCUT2D eigenvalue weighted by molar-refractivity contribution is 0.185. The Morgan fingerprint density at radius 3 is 2.67 bits per heavy atom. The summed E-state index contributed by atoms with van der Waals surface area (Å²) in [5.41, 5.74) is 2.80. The van der Waals surface area contributed by atoms with E-state index in [2.05, 4.69) is 11.4 Å². The minimum absolute atomic E-state index is 0.422. The van der Waals surface area contributed by atoms with Crippen LogP contribution >= 0.6 is 0 Å². The fraction of sp³-hybridized carbons (Fsp3) is 0.235. The minimum Gasteiger partial charge on any atom is -0.497 e. The van der Waals surface area contributed by atoms with Crippen LogP contribution in [0.5, 0.6) is 5.75 Å². The average molecular weight is 282 g/mol. The molecule has 108 valence electrons. The van der Waals surface area contributed by atoms with Crippen molar-refractivity contribution >= 4 is 5.69 Å². The first-order valence-corrected chi connectivity index (χ1v) is 6.65. The molecule has 0 aliphatic heterocycles. The van der Waals surface area contributed by atoms with Gasteiger partial charge in [0.25, 0.3) is 0 Å². The molecule has 0 radical (unpaired) electrons. The first kappa shape index (κ1) is 14.9. The number of methoxy groups -OCH3 is 2. The summed E-state index contributed by atoms with van der Waals surface area (Å²) in [6, 6.07) is 17.2. The van der Waals surface area contributed by atoms with Crippen LogP contribution < -0.4 is 10.1 Å². The molecule has 2 aromatic carbocycles. The Balaban J connectivity index is 2.19. The van der Waals surface area contributed by atoms with Crippen LogP contribution in [-0.2, 0) is 11.3 Å². The normalized spacial score (nSPS) is 11.5. The van der Waals surface area contributed by atoms with E-state index < -0.39 is 6.04 Å². The minimum atomic E-state index is -0.422. The van der Waals surface area contributed by atoms with Gasteiger partial charge in [0.15, 0.2) is 0 Å². The van der Waals surface area contributed by atoms with Crippen molar-refractivity contribution in [3.05, 3.63) is 59.7 Å². The smallest absolute Gasteiger partial charge is 0.140 e. The summed E-state index contributed by atoms with van der Waals surface area (Å²) in [6.45, 7) is 0.533. The number of nitriles is 1. The maximum Gasteiger partial charge on any atom is 0.140 e. The molecule has 0 aromatic heterocycles. The fourth-order valence-corrected chi connectivity index (χ4v) is 2.10. The lowest BCUT2D eigenvalue weighted by atomic mass is 10.0. The highest BCUT2D eigenvalue weighted by Crippen LogP contribution is 2.23. The van der Waals surface area contributed by atoms with Crippen LogP contribution in [-0.4, -0.2) is 14.2 Å². The zero-order valence-corrected chi connectivity index (χ0v) is 12.2. The van der Waals surface area contributed by atoms with Crippen molar-refractivity contribution in [3.8, 4) is 11.8 Å². The Labute approximate surface area is 124 Å². The molecule has 21 heavy (non-hydrogen) atoms. The zero-order valence-electron chi connectivity index (χ0n) is 12.2. The second kappa shape index (κ2) is 7.32. The summed E-state index contributed by atoms with van der Waals surface area (Å²) >= 11 is 0. The quantitative estimate of drug-likeness (QED) is 0.880. The van der Waals surface area contributed by atoms with Gasteiger partial charge in [0, 0.05) is 18.9 Å². The number of hydrogen-bond donors (Lipinski definition) is 1. The summed E-state index contributed by atoms with van der Waals surface area (Å²) in [5, 5.41) is 12.6. The second-order valence-corrected chi connectivity index (χ2v) is 4.62. The molecule has 0 aliphatic carbocycles. The predicted octanol–water partition coefficient (Wildman–Crippen LogP) is 3.52. The second-order valence-electron chi connectivity index (χ2n) is 4.62. The standard InChI is InChI=1S/C17H18N2O2/c1-20-12-13-5-3-6-14(9-13)17(11-18)19-15-7-4-8-16(10-15)21-2/h3-10,17,19H,12H2,1-2H3.